The van der Waals surface area contributed by atoms with E-state index in [2.05, 4.69) is 152 Å². The summed E-state index contributed by atoms with van der Waals surface area (Å²) >= 11 is 0. The van der Waals surface area contributed by atoms with E-state index in [1.165, 1.54) is 71.7 Å². The minimum absolute atomic E-state index is 0.0645. The predicted octanol–water partition coefficient (Wildman–Crippen LogP) is 9.07. The highest BCUT2D eigenvalue weighted by atomic mass is 14.3. The van der Waals surface area contributed by atoms with Crippen LogP contribution in [0.2, 0.25) is 0 Å². The lowest BCUT2D eigenvalue weighted by Gasteiger charge is -2.27. The van der Waals surface area contributed by atoms with Crippen molar-refractivity contribution in [1.82, 2.24) is 0 Å². The molecule has 2 aliphatic carbocycles. The van der Waals surface area contributed by atoms with Crippen LogP contribution in [-0.2, 0) is 10.8 Å². The van der Waals surface area contributed by atoms with E-state index in [-0.39, 0.29) is 10.8 Å². The van der Waals surface area contributed by atoms with Gasteiger partial charge in [0.05, 0.1) is 0 Å². The van der Waals surface area contributed by atoms with E-state index in [0.717, 1.165) is 6.42 Å². The number of fused-ring (bicyclic) bond motifs is 3. The van der Waals surface area contributed by atoms with E-state index in [9.17, 15) is 0 Å². The van der Waals surface area contributed by atoms with Gasteiger partial charge in [0.25, 0.3) is 0 Å². The second-order valence-electron chi connectivity index (χ2n) is 13.5. The Morgan fingerprint density at radius 3 is 1.80 bits per heavy atom. The Labute approximate surface area is 240 Å². The summed E-state index contributed by atoms with van der Waals surface area (Å²) in [6, 6.07) is 31.5. The molecule has 0 fully saturated rings. The third-order valence-corrected chi connectivity index (χ3v) is 8.39. The molecule has 0 heteroatoms. The summed E-state index contributed by atoms with van der Waals surface area (Å²) in [5.74, 6) is 0. The van der Waals surface area contributed by atoms with Gasteiger partial charge in [-0.2, -0.15) is 0 Å². The molecule has 0 heterocycles. The molecule has 0 aromatic heterocycles. The van der Waals surface area contributed by atoms with Crippen LogP contribution in [0.15, 0.2) is 103 Å². The number of benzene rings is 4. The third-order valence-electron chi connectivity index (χ3n) is 8.39. The van der Waals surface area contributed by atoms with Gasteiger partial charge in [0.1, 0.15) is 0 Å². The van der Waals surface area contributed by atoms with Gasteiger partial charge in [-0.15, -0.1) is 0 Å². The van der Waals surface area contributed by atoms with E-state index < -0.39 is 0 Å². The highest BCUT2D eigenvalue weighted by Gasteiger charge is 2.29. The molecular formula is C40H40. The van der Waals surface area contributed by atoms with Crippen LogP contribution < -0.4 is 10.4 Å². The van der Waals surface area contributed by atoms with Crippen LogP contribution in [0.3, 0.4) is 0 Å². The Balaban J connectivity index is 1.83. The Kier molecular flexibility index (Phi) is 6.34. The van der Waals surface area contributed by atoms with Crippen molar-refractivity contribution in [1.29, 1.82) is 0 Å². The maximum absolute atomic E-state index is 2.50. The summed E-state index contributed by atoms with van der Waals surface area (Å²) < 4.78 is 0. The minimum atomic E-state index is -0.0645. The lowest BCUT2D eigenvalue weighted by molar-refractivity contribution is 0.583. The summed E-state index contributed by atoms with van der Waals surface area (Å²) in [6.45, 7) is 16.3. The molecule has 2 aliphatic rings. The molecule has 4 aromatic rings. The van der Waals surface area contributed by atoms with Gasteiger partial charge in [0.15, 0.2) is 0 Å². The lowest BCUT2D eigenvalue weighted by atomic mass is 9.76. The molecule has 0 unspecified atom stereocenters. The van der Waals surface area contributed by atoms with Gasteiger partial charge >= 0.3 is 0 Å². The molecule has 0 bridgehead atoms. The molecule has 0 spiro atoms. The largest absolute Gasteiger partial charge is 0.0772 e. The molecule has 0 saturated carbocycles. The van der Waals surface area contributed by atoms with Crippen molar-refractivity contribution in [3.63, 3.8) is 0 Å². The average molecular weight is 521 g/mol. The normalized spacial score (nSPS) is 14.3. The van der Waals surface area contributed by atoms with Gasteiger partial charge in [-0.25, -0.2) is 0 Å². The number of hydrogen-bond acceptors (Lipinski definition) is 0. The second-order valence-corrected chi connectivity index (χ2v) is 13.5. The van der Waals surface area contributed by atoms with Crippen LogP contribution in [0.4, 0.5) is 0 Å². The molecule has 0 N–H and O–H groups in total. The van der Waals surface area contributed by atoms with Crippen molar-refractivity contribution in [2.45, 2.75) is 65.7 Å². The maximum atomic E-state index is 2.50. The molecule has 200 valence electrons. The molecule has 0 atom stereocenters. The summed E-state index contributed by atoms with van der Waals surface area (Å²) in [4.78, 5) is 0. The fourth-order valence-electron chi connectivity index (χ4n) is 6.46. The third kappa shape index (κ3) is 4.60. The monoisotopic (exact) mass is 520 g/mol. The fourth-order valence-corrected chi connectivity index (χ4v) is 6.46. The van der Waals surface area contributed by atoms with Crippen LogP contribution in [0, 0.1) is 0 Å². The molecule has 0 saturated heterocycles. The van der Waals surface area contributed by atoms with Crippen LogP contribution in [0.1, 0.15) is 88.3 Å². The summed E-state index contributed by atoms with van der Waals surface area (Å²) in [5, 5.41) is 2.72. The second kappa shape index (κ2) is 9.63. The molecule has 0 radical (unpaired) electrons. The molecule has 4 aromatic carbocycles. The van der Waals surface area contributed by atoms with Gasteiger partial charge < -0.3 is 0 Å². The zero-order valence-corrected chi connectivity index (χ0v) is 25.0. The van der Waals surface area contributed by atoms with Gasteiger partial charge in [0, 0.05) is 0 Å². The number of allylic oxidation sites excluding steroid dienone is 4. The Bertz CT molecular complexity index is 1750. The van der Waals surface area contributed by atoms with Crippen molar-refractivity contribution in [3.8, 4) is 11.1 Å². The molecule has 6 rings (SSSR count). The number of hydrogen-bond donors (Lipinski definition) is 0. The molecule has 0 amide bonds. The summed E-state index contributed by atoms with van der Waals surface area (Å²) in [5.41, 5.74) is 14.9. The standard InChI is InChI=1S/C40H40/c1-26-18-19-29(22-26)37-34-24-30-23-31(39(2,3)4)20-21-32(30)33(34)25-35(38(37)40(5,6)7)36(27-14-10-8-11-15-27)28-16-12-9-13-17-28/h8-18,20-25H,19H2,1-7H3. The van der Waals surface area contributed by atoms with Crippen molar-refractivity contribution >= 4 is 17.2 Å². The van der Waals surface area contributed by atoms with Crippen LogP contribution in [0.5, 0.6) is 0 Å². The van der Waals surface area contributed by atoms with Gasteiger partial charge in [0.2, 0.25) is 0 Å². The molecule has 0 aliphatic heterocycles. The van der Waals surface area contributed by atoms with Crippen molar-refractivity contribution in [2.24, 2.45) is 0 Å². The first-order chi connectivity index (χ1) is 19.0. The van der Waals surface area contributed by atoms with Crippen LogP contribution in [-0.4, -0.2) is 0 Å². The Morgan fingerprint density at radius 1 is 0.650 bits per heavy atom. The topological polar surface area (TPSA) is 0 Å². The van der Waals surface area contributed by atoms with E-state index in [4.69, 9.17) is 0 Å². The SMILES string of the molecule is CC1=CCC(c2c(C(C)(C)C)c(=C(c3ccccc3)c3ccccc3)cc3c2=Cc2cc(C(C)(C)C)ccc2-3)=C1. The van der Waals surface area contributed by atoms with Crippen LogP contribution >= 0.6 is 0 Å². The quantitative estimate of drug-likeness (QED) is 0.223. The Hall–Kier alpha value is -3.90. The van der Waals surface area contributed by atoms with Crippen molar-refractivity contribution < 1.29 is 0 Å². The first-order valence-corrected chi connectivity index (χ1v) is 14.6. The van der Waals surface area contributed by atoms with E-state index in [1.54, 1.807) is 0 Å². The zero-order valence-electron chi connectivity index (χ0n) is 25.0. The minimum Gasteiger partial charge on any atom is -0.0772 e. The van der Waals surface area contributed by atoms with Gasteiger partial charge in [-0.05, 0) is 102 Å². The maximum Gasteiger partial charge on any atom is -0.00354 e. The molecule has 40 heavy (non-hydrogen) atoms. The first kappa shape index (κ1) is 26.3. The fraction of sp³-hybridized carbons (Fsp3) is 0.250. The van der Waals surface area contributed by atoms with Crippen LogP contribution in [0.25, 0.3) is 28.3 Å². The van der Waals surface area contributed by atoms with Crippen molar-refractivity contribution in [3.05, 3.63) is 146 Å². The molecular weight excluding hydrogens is 480 g/mol. The van der Waals surface area contributed by atoms with Crippen molar-refractivity contribution in [2.75, 3.05) is 0 Å². The predicted molar refractivity (Wildman–Crippen MR) is 173 cm³/mol. The average Bonchev–Trinajstić information content (AvgIpc) is 3.51. The smallest absolute Gasteiger partial charge is 0.00354 e. The van der Waals surface area contributed by atoms with Gasteiger partial charge in [-0.3, -0.25) is 0 Å². The number of rotatable bonds is 3. The highest BCUT2D eigenvalue weighted by molar-refractivity contribution is 5.91. The van der Waals surface area contributed by atoms with E-state index in [1.807, 2.05) is 0 Å². The van der Waals surface area contributed by atoms with E-state index >= 15 is 0 Å². The highest BCUT2D eigenvalue weighted by Crippen LogP contribution is 2.38. The zero-order chi connectivity index (χ0) is 28.2. The molecule has 0 nitrogen and oxygen atoms in total. The Morgan fingerprint density at radius 2 is 1.27 bits per heavy atom. The van der Waals surface area contributed by atoms with Gasteiger partial charge in [-0.1, -0.05) is 138 Å². The summed E-state index contributed by atoms with van der Waals surface area (Å²) in [6.07, 6.45) is 8.23. The lowest BCUT2D eigenvalue weighted by Crippen LogP contribution is -2.32. The first-order valence-electron chi connectivity index (χ1n) is 14.6. The summed E-state index contributed by atoms with van der Waals surface area (Å²) in [7, 11) is 0. The van der Waals surface area contributed by atoms with E-state index in [0.29, 0.717) is 0 Å².